The summed E-state index contributed by atoms with van der Waals surface area (Å²) in [5.74, 6) is -1.04. The van der Waals surface area contributed by atoms with Crippen LogP contribution in [0.25, 0.3) is 16.7 Å². The normalized spacial score (nSPS) is 11.1. The van der Waals surface area contributed by atoms with Crippen LogP contribution in [0.2, 0.25) is 0 Å². The maximum Gasteiger partial charge on any atom is 0.325 e. The van der Waals surface area contributed by atoms with E-state index in [-0.39, 0.29) is 17.8 Å². The highest BCUT2D eigenvalue weighted by atomic mass is 16.5. The summed E-state index contributed by atoms with van der Waals surface area (Å²) >= 11 is 0. The second-order valence-electron chi connectivity index (χ2n) is 6.33. The molecule has 3 rings (SSSR count). The van der Waals surface area contributed by atoms with Gasteiger partial charge in [-0.1, -0.05) is 6.07 Å². The lowest BCUT2D eigenvalue weighted by molar-refractivity contribution is -0.139. The van der Waals surface area contributed by atoms with E-state index in [0.29, 0.717) is 36.3 Å². The lowest BCUT2D eigenvalue weighted by Crippen LogP contribution is -2.31. The predicted molar refractivity (Wildman–Crippen MR) is 103 cm³/mol. The van der Waals surface area contributed by atoms with Gasteiger partial charge >= 0.3 is 5.97 Å². The first-order valence-corrected chi connectivity index (χ1v) is 8.83. The highest BCUT2D eigenvalue weighted by molar-refractivity contribution is 5.99. The molecule has 0 aliphatic carbocycles. The Kier molecular flexibility index (Phi) is 5.74. The van der Waals surface area contributed by atoms with E-state index < -0.39 is 11.9 Å². The number of rotatable bonds is 7. The molecule has 0 spiro atoms. The molecule has 0 atom stereocenters. The topological polar surface area (TPSA) is 104 Å². The molecule has 0 saturated heterocycles. The summed E-state index contributed by atoms with van der Waals surface area (Å²) in [5, 5.41) is 2.85. The number of amides is 1. The van der Waals surface area contributed by atoms with Gasteiger partial charge < -0.3 is 19.4 Å². The van der Waals surface area contributed by atoms with Gasteiger partial charge in [-0.05, 0) is 31.0 Å². The molecule has 28 heavy (non-hydrogen) atoms. The van der Waals surface area contributed by atoms with E-state index in [4.69, 9.17) is 4.74 Å². The fourth-order valence-electron chi connectivity index (χ4n) is 3.06. The fraction of sp³-hybridized carbons (Fsp3) is 0.368. The molecule has 0 radical (unpaired) electrons. The highest BCUT2D eigenvalue weighted by Crippen LogP contribution is 2.18. The predicted octanol–water partition coefficient (Wildman–Crippen LogP) is 0.897. The molecule has 3 aromatic rings. The Morgan fingerprint density at radius 2 is 2.04 bits per heavy atom. The van der Waals surface area contributed by atoms with Crippen molar-refractivity contribution in [3.63, 3.8) is 0 Å². The maximum atomic E-state index is 12.9. The standard InChI is InChI=1S/C19H22N4O5/c1-12-6-4-7-23-16(12)21-17-13(19(23)26)10-14(22(17)8-5-9-27-2)18(25)20-11-15(24)28-3/h4,6-7,10H,5,8-9,11H2,1-3H3,(H,20,25). The summed E-state index contributed by atoms with van der Waals surface area (Å²) < 4.78 is 12.8. The van der Waals surface area contributed by atoms with Crippen molar-refractivity contribution >= 4 is 28.6 Å². The molecule has 1 N–H and O–H groups in total. The molecule has 9 heteroatoms. The largest absolute Gasteiger partial charge is 0.468 e. The van der Waals surface area contributed by atoms with E-state index in [1.165, 1.54) is 17.6 Å². The Morgan fingerprint density at radius 3 is 2.75 bits per heavy atom. The van der Waals surface area contributed by atoms with Crippen molar-refractivity contribution in [1.29, 1.82) is 0 Å². The van der Waals surface area contributed by atoms with Gasteiger partial charge in [0.15, 0.2) is 0 Å². The van der Waals surface area contributed by atoms with Crippen molar-refractivity contribution in [2.45, 2.75) is 19.9 Å². The van der Waals surface area contributed by atoms with Crippen LogP contribution in [0.4, 0.5) is 0 Å². The molecule has 9 nitrogen and oxygen atoms in total. The van der Waals surface area contributed by atoms with Gasteiger partial charge in [0.2, 0.25) is 0 Å². The number of hydrogen-bond acceptors (Lipinski definition) is 6. The van der Waals surface area contributed by atoms with Crippen LogP contribution in [-0.2, 0) is 20.8 Å². The number of nitrogens with one attached hydrogen (secondary N) is 1. The van der Waals surface area contributed by atoms with Gasteiger partial charge in [0.25, 0.3) is 11.5 Å². The number of carbonyl (C=O) groups is 2. The van der Waals surface area contributed by atoms with Crippen LogP contribution in [-0.4, -0.2) is 53.2 Å². The molecule has 0 fully saturated rings. The molecule has 3 aromatic heterocycles. The lowest BCUT2D eigenvalue weighted by atomic mass is 10.3. The van der Waals surface area contributed by atoms with Crippen molar-refractivity contribution in [1.82, 2.24) is 19.3 Å². The number of ether oxygens (including phenoxy) is 2. The third-order valence-corrected chi connectivity index (χ3v) is 4.48. The fourth-order valence-corrected chi connectivity index (χ4v) is 3.06. The third kappa shape index (κ3) is 3.61. The molecule has 1 amide bonds. The van der Waals surface area contributed by atoms with E-state index in [1.54, 1.807) is 23.9 Å². The number of nitrogens with zero attached hydrogens (tertiary/aromatic N) is 3. The highest BCUT2D eigenvalue weighted by Gasteiger charge is 2.20. The summed E-state index contributed by atoms with van der Waals surface area (Å²) in [5.41, 5.74) is 1.82. The van der Waals surface area contributed by atoms with Crippen molar-refractivity contribution in [2.24, 2.45) is 0 Å². The Balaban J connectivity index is 2.14. The van der Waals surface area contributed by atoms with Crippen LogP contribution in [0.5, 0.6) is 0 Å². The summed E-state index contributed by atoms with van der Waals surface area (Å²) in [7, 11) is 2.84. The summed E-state index contributed by atoms with van der Waals surface area (Å²) in [6, 6.07) is 5.16. The minimum Gasteiger partial charge on any atom is -0.468 e. The molecule has 0 bridgehead atoms. The van der Waals surface area contributed by atoms with Crippen molar-refractivity contribution in [2.75, 3.05) is 27.4 Å². The van der Waals surface area contributed by atoms with Gasteiger partial charge in [-0.15, -0.1) is 0 Å². The van der Waals surface area contributed by atoms with Crippen LogP contribution in [0, 0.1) is 6.92 Å². The number of hydrogen-bond donors (Lipinski definition) is 1. The van der Waals surface area contributed by atoms with Crippen LogP contribution >= 0.6 is 0 Å². The Bertz CT molecular complexity index is 1100. The minimum absolute atomic E-state index is 0.254. The monoisotopic (exact) mass is 386 g/mol. The Labute approximate surface area is 160 Å². The van der Waals surface area contributed by atoms with Gasteiger partial charge in [-0.25, -0.2) is 4.98 Å². The average molecular weight is 386 g/mol. The zero-order chi connectivity index (χ0) is 20.3. The number of fused-ring (bicyclic) bond motifs is 2. The Morgan fingerprint density at radius 1 is 1.25 bits per heavy atom. The smallest absolute Gasteiger partial charge is 0.325 e. The summed E-state index contributed by atoms with van der Waals surface area (Å²) in [4.78, 5) is 41.6. The zero-order valence-electron chi connectivity index (χ0n) is 16.0. The van der Waals surface area contributed by atoms with E-state index in [0.717, 1.165) is 5.56 Å². The molecular formula is C19H22N4O5. The molecule has 0 aliphatic heterocycles. The number of pyridine rings is 1. The van der Waals surface area contributed by atoms with Gasteiger partial charge in [-0.2, -0.15) is 0 Å². The lowest BCUT2D eigenvalue weighted by Gasteiger charge is -2.11. The van der Waals surface area contributed by atoms with Crippen molar-refractivity contribution in [3.05, 3.63) is 46.0 Å². The molecule has 3 heterocycles. The van der Waals surface area contributed by atoms with Crippen LogP contribution in [0.1, 0.15) is 22.5 Å². The number of aryl methyl sites for hydroxylation is 2. The van der Waals surface area contributed by atoms with E-state index in [2.05, 4.69) is 15.0 Å². The van der Waals surface area contributed by atoms with E-state index in [9.17, 15) is 14.4 Å². The molecule has 148 valence electrons. The van der Waals surface area contributed by atoms with Gasteiger partial charge in [0, 0.05) is 26.5 Å². The quantitative estimate of drug-likeness (QED) is 0.478. The van der Waals surface area contributed by atoms with Crippen LogP contribution in [0.3, 0.4) is 0 Å². The number of aromatic nitrogens is 3. The first kappa shape index (κ1) is 19.6. The SMILES string of the molecule is COCCCn1c(C(=O)NCC(=O)OC)cc2c(=O)n3cccc(C)c3nc21. The number of esters is 1. The molecule has 0 aromatic carbocycles. The minimum atomic E-state index is -0.560. The third-order valence-electron chi connectivity index (χ3n) is 4.48. The molecule has 0 saturated carbocycles. The van der Waals surface area contributed by atoms with Crippen molar-refractivity contribution < 1.29 is 19.1 Å². The van der Waals surface area contributed by atoms with E-state index >= 15 is 0 Å². The first-order valence-electron chi connectivity index (χ1n) is 8.83. The van der Waals surface area contributed by atoms with E-state index in [1.807, 2.05) is 13.0 Å². The molecule has 0 unspecified atom stereocenters. The second-order valence-corrected chi connectivity index (χ2v) is 6.33. The first-order chi connectivity index (χ1) is 13.5. The van der Waals surface area contributed by atoms with Crippen LogP contribution in [0.15, 0.2) is 29.2 Å². The number of methoxy groups -OCH3 is 2. The number of carbonyl (C=O) groups excluding carboxylic acids is 2. The Hall–Kier alpha value is -3.20. The van der Waals surface area contributed by atoms with Gasteiger partial charge in [0.05, 0.1) is 12.5 Å². The average Bonchev–Trinajstić information content (AvgIpc) is 3.06. The zero-order valence-corrected chi connectivity index (χ0v) is 16.0. The summed E-state index contributed by atoms with van der Waals surface area (Å²) in [6.07, 6.45) is 2.28. The van der Waals surface area contributed by atoms with Gasteiger partial charge in [-0.3, -0.25) is 18.8 Å². The molecular weight excluding hydrogens is 364 g/mol. The van der Waals surface area contributed by atoms with Crippen LogP contribution < -0.4 is 10.9 Å². The summed E-state index contributed by atoms with van der Waals surface area (Å²) in [6.45, 7) is 2.54. The van der Waals surface area contributed by atoms with Gasteiger partial charge in [0.1, 0.15) is 23.5 Å². The van der Waals surface area contributed by atoms with Crippen molar-refractivity contribution in [3.8, 4) is 0 Å². The maximum absolute atomic E-state index is 12.9. The molecule has 0 aliphatic rings. The second kappa shape index (κ2) is 8.22.